The minimum Gasteiger partial charge on any atom is -0.316 e. The summed E-state index contributed by atoms with van der Waals surface area (Å²) in [6.45, 7) is 2.11. The summed E-state index contributed by atoms with van der Waals surface area (Å²) in [6.07, 6.45) is 1.16. The molecular formula is C17H17N3. The van der Waals surface area contributed by atoms with Gasteiger partial charge in [0.05, 0.1) is 11.0 Å². The molecule has 4 rings (SSSR count). The molecule has 1 fully saturated rings. The summed E-state index contributed by atoms with van der Waals surface area (Å²) >= 11 is 0. The second-order valence-corrected chi connectivity index (χ2v) is 5.32. The number of aromatic nitrogens is 2. The number of imidazole rings is 1. The number of benzene rings is 2. The number of fused-ring (bicyclic) bond motifs is 1. The first kappa shape index (κ1) is 11.7. The van der Waals surface area contributed by atoms with Crippen LogP contribution >= 0.6 is 0 Å². The van der Waals surface area contributed by atoms with E-state index in [-0.39, 0.29) is 0 Å². The highest BCUT2D eigenvalue weighted by molar-refractivity contribution is 5.78. The van der Waals surface area contributed by atoms with Crippen LogP contribution in [0.3, 0.4) is 0 Å². The molecule has 3 heteroatoms. The Hall–Kier alpha value is -2.13. The Balaban J connectivity index is 1.98. The molecule has 1 atom stereocenters. The van der Waals surface area contributed by atoms with Crippen LogP contribution in [-0.4, -0.2) is 22.6 Å². The maximum absolute atomic E-state index is 4.89. The number of nitrogens with one attached hydrogen (secondary N) is 1. The molecule has 1 N–H and O–H groups in total. The third-order valence-electron chi connectivity index (χ3n) is 4.03. The van der Waals surface area contributed by atoms with Gasteiger partial charge in [-0.2, -0.15) is 0 Å². The van der Waals surface area contributed by atoms with Crippen molar-refractivity contribution in [3.05, 3.63) is 60.4 Å². The molecule has 0 saturated carbocycles. The fourth-order valence-corrected chi connectivity index (χ4v) is 3.04. The molecule has 1 saturated heterocycles. The zero-order valence-electron chi connectivity index (χ0n) is 11.3. The Bertz CT molecular complexity index is 724. The van der Waals surface area contributed by atoms with Crippen LogP contribution in [0.25, 0.3) is 16.7 Å². The number of para-hydroxylation sites is 3. The van der Waals surface area contributed by atoms with Crippen molar-refractivity contribution in [1.29, 1.82) is 0 Å². The second kappa shape index (κ2) is 4.76. The maximum Gasteiger partial charge on any atom is 0.118 e. The largest absolute Gasteiger partial charge is 0.316 e. The highest BCUT2D eigenvalue weighted by atomic mass is 15.1. The first-order valence-electron chi connectivity index (χ1n) is 7.17. The molecule has 100 valence electrons. The van der Waals surface area contributed by atoms with Gasteiger partial charge < -0.3 is 5.32 Å². The molecule has 2 aromatic carbocycles. The molecule has 3 nitrogen and oxygen atoms in total. The predicted molar refractivity (Wildman–Crippen MR) is 81.3 cm³/mol. The third-order valence-corrected chi connectivity index (χ3v) is 4.03. The van der Waals surface area contributed by atoms with Gasteiger partial charge in [0.15, 0.2) is 0 Å². The fourth-order valence-electron chi connectivity index (χ4n) is 3.04. The molecule has 0 aliphatic carbocycles. The van der Waals surface area contributed by atoms with Crippen molar-refractivity contribution in [2.24, 2.45) is 0 Å². The van der Waals surface area contributed by atoms with Gasteiger partial charge in [-0.1, -0.05) is 30.3 Å². The summed E-state index contributed by atoms with van der Waals surface area (Å²) in [4.78, 5) is 4.89. The fraction of sp³-hybridized carbons (Fsp3) is 0.235. The van der Waals surface area contributed by atoms with E-state index in [2.05, 4.69) is 64.5 Å². The van der Waals surface area contributed by atoms with Crippen LogP contribution in [0.2, 0.25) is 0 Å². The van der Waals surface area contributed by atoms with Crippen LogP contribution in [0.4, 0.5) is 0 Å². The minimum absolute atomic E-state index is 0.502. The Labute approximate surface area is 118 Å². The van der Waals surface area contributed by atoms with Crippen LogP contribution in [0.15, 0.2) is 54.6 Å². The van der Waals surface area contributed by atoms with Crippen molar-refractivity contribution in [1.82, 2.24) is 14.9 Å². The summed E-state index contributed by atoms with van der Waals surface area (Å²) in [6, 6.07) is 18.9. The lowest BCUT2D eigenvalue weighted by Crippen LogP contribution is -2.12. The summed E-state index contributed by atoms with van der Waals surface area (Å²) in [5.74, 6) is 1.69. The lowest BCUT2D eigenvalue weighted by molar-refractivity contribution is 0.692. The molecule has 1 aliphatic heterocycles. The molecule has 0 amide bonds. The van der Waals surface area contributed by atoms with Gasteiger partial charge in [0.1, 0.15) is 5.82 Å². The first-order chi connectivity index (χ1) is 9.93. The number of nitrogens with zero attached hydrogens (tertiary/aromatic N) is 2. The van der Waals surface area contributed by atoms with E-state index in [1.165, 1.54) is 17.0 Å². The molecule has 20 heavy (non-hydrogen) atoms. The SMILES string of the molecule is c1ccc(-n2c(C3CCNC3)nc3ccccc32)cc1. The average Bonchev–Trinajstić information content (AvgIpc) is 3.15. The molecule has 3 aromatic rings. The maximum atomic E-state index is 4.89. The van der Waals surface area contributed by atoms with Gasteiger partial charge >= 0.3 is 0 Å². The van der Waals surface area contributed by atoms with Crippen LogP contribution in [-0.2, 0) is 0 Å². The van der Waals surface area contributed by atoms with E-state index in [1.807, 2.05) is 0 Å². The predicted octanol–water partition coefficient (Wildman–Crippen LogP) is 3.10. The van der Waals surface area contributed by atoms with E-state index >= 15 is 0 Å². The molecule has 1 aromatic heterocycles. The minimum atomic E-state index is 0.502. The molecule has 0 bridgehead atoms. The van der Waals surface area contributed by atoms with Crippen molar-refractivity contribution >= 4 is 11.0 Å². The summed E-state index contributed by atoms with van der Waals surface area (Å²) in [7, 11) is 0. The zero-order chi connectivity index (χ0) is 13.4. The Morgan fingerprint density at radius 1 is 1.00 bits per heavy atom. The number of hydrogen-bond acceptors (Lipinski definition) is 2. The Morgan fingerprint density at radius 3 is 2.60 bits per heavy atom. The van der Waals surface area contributed by atoms with Crippen molar-refractivity contribution in [3.63, 3.8) is 0 Å². The Morgan fingerprint density at radius 2 is 1.80 bits per heavy atom. The summed E-state index contributed by atoms with van der Waals surface area (Å²) in [5, 5.41) is 3.44. The normalized spacial score (nSPS) is 18.7. The van der Waals surface area contributed by atoms with Crippen molar-refractivity contribution in [3.8, 4) is 5.69 Å². The standard InChI is InChI=1S/C17H17N3/c1-2-6-14(7-3-1)20-16-9-5-4-8-15(16)19-17(20)13-10-11-18-12-13/h1-9,13,18H,10-12H2. The van der Waals surface area contributed by atoms with E-state index < -0.39 is 0 Å². The highest BCUT2D eigenvalue weighted by Crippen LogP contribution is 2.29. The van der Waals surface area contributed by atoms with E-state index in [0.717, 1.165) is 25.0 Å². The van der Waals surface area contributed by atoms with Gasteiger partial charge in [-0.15, -0.1) is 0 Å². The summed E-state index contributed by atoms with van der Waals surface area (Å²) in [5.41, 5.74) is 3.47. The highest BCUT2D eigenvalue weighted by Gasteiger charge is 2.23. The van der Waals surface area contributed by atoms with Crippen LogP contribution in [0.1, 0.15) is 18.2 Å². The van der Waals surface area contributed by atoms with Gasteiger partial charge in [-0.3, -0.25) is 4.57 Å². The summed E-state index contributed by atoms with van der Waals surface area (Å²) < 4.78 is 2.31. The lowest BCUT2D eigenvalue weighted by Gasteiger charge is -2.13. The van der Waals surface area contributed by atoms with E-state index in [1.54, 1.807) is 0 Å². The first-order valence-corrected chi connectivity index (χ1v) is 7.17. The monoisotopic (exact) mass is 263 g/mol. The average molecular weight is 263 g/mol. The van der Waals surface area contributed by atoms with Crippen molar-refractivity contribution < 1.29 is 0 Å². The quantitative estimate of drug-likeness (QED) is 0.770. The Kier molecular flexibility index (Phi) is 2.78. The van der Waals surface area contributed by atoms with Crippen LogP contribution in [0, 0.1) is 0 Å². The van der Waals surface area contributed by atoms with Gasteiger partial charge in [0.25, 0.3) is 0 Å². The molecule has 0 spiro atoms. The number of rotatable bonds is 2. The third kappa shape index (κ3) is 1.82. The van der Waals surface area contributed by atoms with E-state index in [0.29, 0.717) is 5.92 Å². The van der Waals surface area contributed by atoms with Gasteiger partial charge in [0.2, 0.25) is 0 Å². The number of hydrogen-bond donors (Lipinski definition) is 1. The molecule has 2 heterocycles. The zero-order valence-corrected chi connectivity index (χ0v) is 11.3. The van der Waals surface area contributed by atoms with Crippen molar-refractivity contribution in [2.75, 3.05) is 13.1 Å². The van der Waals surface area contributed by atoms with Gasteiger partial charge in [-0.05, 0) is 37.2 Å². The van der Waals surface area contributed by atoms with Crippen LogP contribution in [0.5, 0.6) is 0 Å². The lowest BCUT2D eigenvalue weighted by atomic mass is 10.1. The second-order valence-electron chi connectivity index (χ2n) is 5.32. The molecule has 1 aliphatic rings. The van der Waals surface area contributed by atoms with E-state index in [9.17, 15) is 0 Å². The van der Waals surface area contributed by atoms with Gasteiger partial charge in [0, 0.05) is 18.2 Å². The topological polar surface area (TPSA) is 29.9 Å². The van der Waals surface area contributed by atoms with Gasteiger partial charge in [-0.25, -0.2) is 4.98 Å². The molecule has 1 unspecified atom stereocenters. The smallest absolute Gasteiger partial charge is 0.118 e. The van der Waals surface area contributed by atoms with Crippen LogP contribution < -0.4 is 5.32 Å². The van der Waals surface area contributed by atoms with E-state index in [4.69, 9.17) is 4.98 Å². The molecular weight excluding hydrogens is 246 g/mol. The van der Waals surface area contributed by atoms with Crippen molar-refractivity contribution in [2.45, 2.75) is 12.3 Å². The molecule has 0 radical (unpaired) electrons.